The van der Waals surface area contributed by atoms with Crippen LogP contribution in [0.3, 0.4) is 0 Å². The number of carbonyl (C=O) groups is 2. The molecule has 0 saturated heterocycles. The molecule has 0 bridgehead atoms. The normalized spacial score (nSPS) is 17.2. The van der Waals surface area contributed by atoms with Crippen LogP contribution >= 0.6 is 39.1 Å². The van der Waals surface area contributed by atoms with Gasteiger partial charge in [0.25, 0.3) is 5.91 Å². The molecule has 0 N–H and O–H groups in total. The van der Waals surface area contributed by atoms with Gasteiger partial charge in [-0.2, -0.15) is 0 Å². The molecule has 4 rings (SSSR count). The van der Waals surface area contributed by atoms with Crippen LogP contribution in [0.2, 0.25) is 10.0 Å². The van der Waals surface area contributed by atoms with E-state index < -0.39 is 21.3 Å². The predicted molar refractivity (Wildman–Crippen MR) is 145 cm³/mol. The molecule has 37 heavy (non-hydrogen) atoms. The van der Waals surface area contributed by atoms with Crippen LogP contribution in [0.5, 0.6) is 0 Å². The number of esters is 1. The maximum atomic E-state index is 14.0. The molecule has 1 aliphatic rings. The van der Waals surface area contributed by atoms with E-state index in [0.29, 0.717) is 15.7 Å². The minimum absolute atomic E-state index is 0.0187. The Morgan fingerprint density at radius 1 is 1.14 bits per heavy atom. The van der Waals surface area contributed by atoms with Gasteiger partial charge >= 0.3 is 5.97 Å². The van der Waals surface area contributed by atoms with Crippen LogP contribution in [-0.4, -0.2) is 42.2 Å². The molecule has 1 atom stereocenters. The van der Waals surface area contributed by atoms with E-state index in [1.165, 1.54) is 15.7 Å². The average molecular weight is 629 g/mol. The lowest BCUT2D eigenvalue weighted by atomic mass is 9.92. The van der Waals surface area contributed by atoms with Gasteiger partial charge in [-0.3, -0.25) is 14.2 Å². The lowest BCUT2D eigenvalue weighted by molar-refractivity contribution is -0.143. The molecule has 196 valence electrons. The number of nitrogens with zero attached hydrogens (tertiary/aromatic N) is 3. The Morgan fingerprint density at radius 3 is 2.41 bits per heavy atom. The van der Waals surface area contributed by atoms with Crippen molar-refractivity contribution >= 4 is 72.5 Å². The number of ether oxygens (including phenoxy) is 1. The van der Waals surface area contributed by atoms with E-state index in [4.69, 9.17) is 27.9 Å². The van der Waals surface area contributed by atoms with Crippen molar-refractivity contribution in [3.63, 3.8) is 0 Å². The monoisotopic (exact) mass is 627 g/mol. The third-order valence-electron chi connectivity index (χ3n) is 6.06. The molecular weight excluding hydrogens is 605 g/mol. The van der Waals surface area contributed by atoms with Crippen molar-refractivity contribution in [1.29, 1.82) is 0 Å². The second kappa shape index (κ2) is 10.8. The van der Waals surface area contributed by atoms with Gasteiger partial charge in [0, 0.05) is 27.4 Å². The Kier molecular flexibility index (Phi) is 8.04. The number of carbonyl (C=O) groups excluding carboxylic acids is 2. The number of amides is 1. The van der Waals surface area contributed by atoms with Crippen molar-refractivity contribution in [3.8, 4) is 0 Å². The predicted octanol–water partition coefficient (Wildman–Crippen LogP) is 5.71. The maximum Gasteiger partial charge on any atom is 0.305 e. The summed E-state index contributed by atoms with van der Waals surface area (Å²) in [6.07, 6.45) is 1.79. The summed E-state index contributed by atoms with van der Waals surface area (Å²) >= 11 is 15.8. The number of rotatable bonds is 9. The van der Waals surface area contributed by atoms with Crippen LogP contribution in [0.15, 0.2) is 58.2 Å². The Balaban J connectivity index is 1.78. The fourth-order valence-electron chi connectivity index (χ4n) is 4.29. The van der Waals surface area contributed by atoms with Crippen molar-refractivity contribution < 1.29 is 22.7 Å². The standard InChI is InChI=1S/C25H24BrCl2N3O5S/c1-3-22(32)36-9-4-10-37(34,35)21-15-29-24-30(20-12-18(27)11-19(28)13-20)23(33)25(2,31(21)24)14-16-5-7-17(26)8-6-16/h5-8,11-13,15H,3-4,9-10,14H2,1-2H3. The van der Waals surface area contributed by atoms with E-state index in [1.54, 1.807) is 32.0 Å². The zero-order chi connectivity index (χ0) is 27.0. The summed E-state index contributed by atoms with van der Waals surface area (Å²) in [6.45, 7) is 3.34. The number of hydrogen-bond acceptors (Lipinski definition) is 6. The molecule has 1 aromatic heterocycles. The molecule has 1 aliphatic heterocycles. The number of imidazole rings is 1. The summed E-state index contributed by atoms with van der Waals surface area (Å²) in [7, 11) is -3.89. The summed E-state index contributed by atoms with van der Waals surface area (Å²) < 4.78 is 34.2. The second-order valence-electron chi connectivity index (χ2n) is 8.82. The highest BCUT2D eigenvalue weighted by Gasteiger charge is 2.51. The third-order valence-corrected chi connectivity index (χ3v) is 8.78. The molecule has 0 fully saturated rings. The Morgan fingerprint density at radius 2 is 1.78 bits per heavy atom. The fraction of sp³-hybridized carbons (Fsp3) is 0.320. The van der Waals surface area contributed by atoms with Gasteiger partial charge in [0.2, 0.25) is 5.95 Å². The number of benzene rings is 2. The number of anilines is 2. The SMILES string of the molecule is CCC(=O)OCCCS(=O)(=O)c1cnc2n1C(C)(Cc1ccc(Br)cc1)C(=O)N2c1cc(Cl)cc(Cl)c1. The van der Waals surface area contributed by atoms with Crippen LogP contribution < -0.4 is 4.90 Å². The van der Waals surface area contributed by atoms with Crippen LogP contribution in [0.1, 0.15) is 32.3 Å². The summed E-state index contributed by atoms with van der Waals surface area (Å²) in [5.74, 6) is -0.893. The lowest BCUT2D eigenvalue weighted by Gasteiger charge is -2.26. The summed E-state index contributed by atoms with van der Waals surface area (Å²) in [5, 5.41) is 0.557. The second-order valence-corrected chi connectivity index (χ2v) is 12.7. The van der Waals surface area contributed by atoms with E-state index in [9.17, 15) is 18.0 Å². The first-order chi connectivity index (χ1) is 17.5. The number of fused-ring (bicyclic) bond motifs is 1. The third kappa shape index (κ3) is 5.57. The summed E-state index contributed by atoms with van der Waals surface area (Å²) in [5.41, 5.74) is -0.102. The number of aromatic nitrogens is 2. The van der Waals surface area contributed by atoms with Crippen LogP contribution in [0, 0.1) is 0 Å². The van der Waals surface area contributed by atoms with Crippen molar-refractivity contribution in [2.24, 2.45) is 0 Å². The smallest absolute Gasteiger partial charge is 0.305 e. The molecule has 2 aromatic carbocycles. The van der Waals surface area contributed by atoms with Crippen LogP contribution in [0.25, 0.3) is 0 Å². The van der Waals surface area contributed by atoms with E-state index in [0.717, 1.165) is 10.0 Å². The highest BCUT2D eigenvalue weighted by molar-refractivity contribution is 9.10. The topological polar surface area (TPSA) is 98.6 Å². The number of hydrogen-bond donors (Lipinski definition) is 0. The Labute approximate surface area is 233 Å². The summed E-state index contributed by atoms with van der Waals surface area (Å²) in [4.78, 5) is 31.1. The molecule has 12 heteroatoms. The van der Waals surface area contributed by atoms with Gasteiger partial charge in [-0.05, 0) is 49.2 Å². The van der Waals surface area contributed by atoms with Crippen molar-refractivity contribution in [2.75, 3.05) is 17.3 Å². The maximum absolute atomic E-state index is 14.0. The van der Waals surface area contributed by atoms with Gasteiger partial charge in [-0.15, -0.1) is 0 Å². The molecule has 0 aliphatic carbocycles. The van der Waals surface area contributed by atoms with Crippen LogP contribution in [-0.2, 0) is 36.1 Å². The van der Waals surface area contributed by atoms with Gasteiger partial charge in [-0.25, -0.2) is 18.3 Å². The molecule has 0 radical (unpaired) electrons. The zero-order valence-electron chi connectivity index (χ0n) is 20.1. The van der Waals surface area contributed by atoms with Crippen molar-refractivity contribution in [1.82, 2.24) is 9.55 Å². The fourth-order valence-corrected chi connectivity index (χ4v) is 6.55. The molecular formula is C25H24BrCl2N3O5S. The quantitative estimate of drug-likeness (QED) is 0.222. The molecule has 8 nitrogen and oxygen atoms in total. The molecule has 2 heterocycles. The lowest BCUT2D eigenvalue weighted by Crippen LogP contribution is -2.42. The molecule has 0 spiro atoms. The summed E-state index contributed by atoms with van der Waals surface area (Å²) in [6, 6.07) is 12.1. The highest BCUT2D eigenvalue weighted by Crippen LogP contribution is 2.44. The Bertz CT molecular complexity index is 1440. The number of sulfone groups is 1. The molecule has 0 saturated carbocycles. The minimum atomic E-state index is -3.89. The highest BCUT2D eigenvalue weighted by atomic mass is 79.9. The van der Waals surface area contributed by atoms with E-state index in [2.05, 4.69) is 20.9 Å². The number of halogens is 3. The minimum Gasteiger partial charge on any atom is -0.466 e. The average Bonchev–Trinajstić information content (AvgIpc) is 3.36. The first-order valence-electron chi connectivity index (χ1n) is 11.5. The zero-order valence-corrected chi connectivity index (χ0v) is 24.0. The molecule has 3 aromatic rings. The van der Waals surface area contributed by atoms with Gasteiger partial charge < -0.3 is 4.74 Å². The van der Waals surface area contributed by atoms with Crippen molar-refractivity contribution in [3.05, 3.63) is 68.7 Å². The first kappa shape index (κ1) is 27.6. The van der Waals surface area contributed by atoms with Gasteiger partial charge in [0.05, 0.1) is 24.2 Å². The van der Waals surface area contributed by atoms with Crippen molar-refractivity contribution in [2.45, 2.75) is 43.7 Å². The molecule has 1 unspecified atom stereocenters. The Hall–Kier alpha value is -2.40. The van der Waals surface area contributed by atoms with Crippen LogP contribution in [0.4, 0.5) is 11.6 Å². The van der Waals surface area contributed by atoms with E-state index in [-0.39, 0.29) is 48.5 Å². The first-order valence-corrected chi connectivity index (χ1v) is 14.7. The molecule has 1 amide bonds. The largest absolute Gasteiger partial charge is 0.466 e. The van der Waals surface area contributed by atoms with E-state index >= 15 is 0 Å². The van der Waals surface area contributed by atoms with Gasteiger partial charge in [0.1, 0.15) is 5.54 Å². The van der Waals surface area contributed by atoms with E-state index in [1.807, 2.05) is 24.3 Å². The van der Waals surface area contributed by atoms with Gasteiger partial charge in [-0.1, -0.05) is 58.2 Å². The van der Waals surface area contributed by atoms with Gasteiger partial charge in [0.15, 0.2) is 14.9 Å².